The molecule has 0 amide bonds. The van der Waals surface area contributed by atoms with E-state index in [1.54, 1.807) is 5.48 Å². The molecule has 0 spiro atoms. The van der Waals surface area contributed by atoms with Crippen molar-refractivity contribution in [3.63, 3.8) is 0 Å². The molecule has 0 fully saturated rings. The van der Waals surface area contributed by atoms with Crippen LogP contribution in [0.5, 0.6) is 0 Å². The van der Waals surface area contributed by atoms with Gasteiger partial charge in [-0.25, -0.2) is 14.1 Å². The molecule has 0 bridgehead atoms. The van der Waals surface area contributed by atoms with Gasteiger partial charge < -0.3 is 10.8 Å². The summed E-state index contributed by atoms with van der Waals surface area (Å²) in [6, 6.07) is 3.50. The molecular formula is C12H17BrFN7O2S. The van der Waals surface area contributed by atoms with Gasteiger partial charge in [-0.3, -0.25) is 26.2 Å². The topological polar surface area (TPSA) is 165 Å². The normalized spacial score (nSPS) is 13.7. The Kier molecular flexibility index (Phi) is 8.81. The molecule has 132 valence electrons. The van der Waals surface area contributed by atoms with Gasteiger partial charge in [0.05, 0.1) is 29.4 Å². The van der Waals surface area contributed by atoms with E-state index in [1.165, 1.54) is 18.2 Å². The summed E-state index contributed by atoms with van der Waals surface area (Å²) < 4.78 is 16.1. The third kappa shape index (κ3) is 6.14. The first kappa shape index (κ1) is 20.5. The molecule has 0 saturated heterocycles. The fraction of sp³-hybridized carbons (Fsp3) is 0.250. The van der Waals surface area contributed by atoms with Gasteiger partial charge in [-0.15, -0.1) is 0 Å². The van der Waals surface area contributed by atoms with Crippen molar-refractivity contribution in [3.8, 4) is 0 Å². The van der Waals surface area contributed by atoms with Crippen LogP contribution in [0.25, 0.3) is 0 Å². The average molecular weight is 422 g/mol. The molecule has 9 nitrogen and oxygen atoms in total. The van der Waals surface area contributed by atoms with Gasteiger partial charge >= 0.3 is 0 Å². The molecule has 1 rings (SSSR count). The van der Waals surface area contributed by atoms with Gasteiger partial charge in [-0.2, -0.15) is 0 Å². The molecule has 0 radical (unpaired) electrons. The van der Waals surface area contributed by atoms with E-state index >= 15 is 0 Å². The average Bonchev–Trinajstić information content (AvgIpc) is 2.57. The largest absolute Gasteiger partial charge is 0.395 e. The highest BCUT2D eigenvalue weighted by Gasteiger charge is 2.13. The van der Waals surface area contributed by atoms with Crippen LogP contribution in [0.3, 0.4) is 0 Å². The lowest BCUT2D eigenvalue weighted by molar-refractivity contribution is 0.235. The zero-order valence-electron chi connectivity index (χ0n) is 12.3. The number of aliphatic imine (C=N–C) groups is 2. The number of amidine groups is 2. The van der Waals surface area contributed by atoms with Crippen LogP contribution in [0.1, 0.15) is 0 Å². The van der Waals surface area contributed by atoms with Gasteiger partial charge in [0.1, 0.15) is 11.5 Å². The Hall–Kier alpha value is -1.57. The van der Waals surface area contributed by atoms with Gasteiger partial charge in [0, 0.05) is 12.1 Å². The predicted molar refractivity (Wildman–Crippen MR) is 96.1 cm³/mol. The molecular weight excluding hydrogens is 405 g/mol. The molecule has 1 aromatic carbocycles. The number of nitrogens with zero attached hydrogens (tertiary/aromatic N) is 2. The Labute approximate surface area is 150 Å². The van der Waals surface area contributed by atoms with Crippen molar-refractivity contribution in [2.45, 2.75) is 6.04 Å². The highest BCUT2D eigenvalue weighted by molar-refractivity contribution is 9.10. The van der Waals surface area contributed by atoms with Gasteiger partial charge in [0.25, 0.3) is 0 Å². The van der Waals surface area contributed by atoms with Crippen LogP contribution in [0.4, 0.5) is 10.1 Å². The molecule has 12 heteroatoms. The summed E-state index contributed by atoms with van der Waals surface area (Å²) in [5.74, 6) is -0.933. The van der Waals surface area contributed by atoms with E-state index < -0.39 is 11.9 Å². The van der Waals surface area contributed by atoms with Crippen molar-refractivity contribution in [2.75, 3.05) is 13.2 Å². The van der Waals surface area contributed by atoms with E-state index in [0.717, 1.165) is 12.1 Å². The number of hydrogen-bond acceptors (Lipinski definition) is 8. The summed E-state index contributed by atoms with van der Waals surface area (Å²) in [4.78, 5) is 7.90. The molecule has 9 N–H and O–H groups in total. The lowest BCUT2D eigenvalue weighted by atomic mass is 10.3. The summed E-state index contributed by atoms with van der Waals surface area (Å²) in [5.41, 5.74) is 7.42. The van der Waals surface area contributed by atoms with E-state index in [-0.39, 0.29) is 35.0 Å². The lowest BCUT2D eigenvalue weighted by Gasteiger charge is -2.12. The minimum absolute atomic E-state index is 0.0291. The summed E-state index contributed by atoms with van der Waals surface area (Å²) in [6.45, 7) is -0.214. The third-order valence-electron chi connectivity index (χ3n) is 2.68. The van der Waals surface area contributed by atoms with E-state index in [9.17, 15) is 4.39 Å². The zero-order chi connectivity index (χ0) is 18.1. The van der Waals surface area contributed by atoms with Crippen LogP contribution < -0.4 is 21.1 Å². The zero-order valence-corrected chi connectivity index (χ0v) is 14.7. The SMILES string of the molecule is N=C(C(N)=Nc1ccc(F)c(Br)c1)C(=NCC(CO)NSN)NO. The summed E-state index contributed by atoms with van der Waals surface area (Å²) in [5, 5.41) is 31.3. The standard InChI is InChI=1S/C12H17BrFN7O2S/c13-8-3-6(1-2-9(8)14)19-11(16)10(15)12(20-23)18-4-7(5-22)21-24-17/h1-3,7,15,21-23H,4-5,17H2,(H2,16,19)(H,18,20). The van der Waals surface area contributed by atoms with Crippen molar-refractivity contribution in [2.24, 2.45) is 20.9 Å². The maximum atomic E-state index is 13.2. The fourth-order valence-corrected chi connectivity index (χ4v) is 2.18. The number of rotatable bonds is 8. The molecule has 0 aromatic heterocycles. The van der Waals surface area contributed by atoms with E-state index in [4.69, 9.17) is 26.6 Å². The lowest BCUT2D eigenvalue weighted by Crippen LogP contribution is -2.39. The van der Waals surface area contributed by atoms with Gasteiger partial charge in [-0.1, -0.05) is 0 Å². The van der Waals surface area contributed by atoms with E-state index in [2.05, 4.69) is 30.6 Å². The highest BCUT2D eigenvalue weighted by Crippen LogP contribution is 2.21. The monoisotopic (exact) mass is 421 g/mol. The quantitative estimate of drug-likeness (QED) is 0.138. The number of benzene rings is 1. The first-order chi connectivity index (χ1) is 11.4. The molecule has 1 atom stereocenters. The van der Waals surface area contributed by atoms with Crippen LogP contribution in [-0.4, -0.2) is 46.9 Å². The molecule has 0 heterocycles. The number of halogens is 2. The van der Waals surface area contributed by atoms with Crippen LogP contribution in [0, 0.1) is 11.2 Å². The van der Waals surface area contributed by atoms with Crippen molar-refractivity contribution < 1.29 is 14.7 Å². The minimum atomic E-state index is -0.470. The highest BCUT2D eigenvalue weighted by atomic mass is 79.9. The number of hydrogen-bond donors (Lipinski definition) is 7. The van der Waals surface area contributed by atoms with Crippen LogP contribution in [0.15, 0.2) is 32.7 Å². The maximum Gasteiger partial charge on any atom is 0.174 e. The molecule has 1 aromatic rings. The van der Waals surface area contributed by atoms with Crippen molar-refractivity contribution in [1.82, 2.24) is 10.2 Å². The van der Waals surface area contributed by atoms with Crippen LogP contribution >= 0.6 is 28.1 Å². The maximum absolute atomic E-state index is 13.2. The Morgan fingerprint density at radius 2 is 2.21 bits per heavy atom. The fourth-order valence-electron chi connectivity index (χ4n) is 1.47. The Balaban J connectivity index is 2.90. The Morgan fingerprint density at radius 3 is 2.75 bits per heavy atom. The Morgan fingerprint density at radius 1 is 1.50 bits per heavy atom. The molecule has 0 saturated carbocycles. The van der Waals surface area contributed by atoms with Gasteiger partial charge in [0.2, 0.25) is 0 Å². The van der Waals surface area contributed by atoms with Gasteiger partial charge in [-0.05, 0) is 34.1 Å². The Bertz CT molecular complexity index is 644. The number of nitrogens with two attached hydrogens (primary N) is 2. The summed E-state index contributed by atoms with van der Waals surface area (Å²) in [6.07, 6.45) is 0. The van der Waals surface area contributed by atoms with Crippen molar-refractivity contribution >= 4 is 51.1 Å². The second-order valence-corrected chi connectivity index (χ2v) is 5.71. The molecule has 1 unspecified atom stereocenters. The summed E-state index contributed by atoms with van der Waals surface area (Å²) >= 11 is 3.83. The molecule has 0 aliphatic heterocycles. The number of hydroxylamine groups is 1. The second kappa shape index (κ2) is 10.3. The van der Waals surface area contributed by atoms with E-state index in [1.807, 2.05) is 0 Å². The molecule has 24 heavy (non-hydrogen) atoms. The number of nitrogens with one attached hydrogen (secondary N) is 3. The smallest absolute Gasteiger partial charge is 0.174 e. The number of aliphatic hydroxyl groups is 1. The summed E-state index contributed by atoms with van der Waals surface area (Å²) in [7, 11) is 0. The first-order valence-electron chi connectivity index (χ1n) is 6.48. The van der Waals surface area contributed by atoms with Crippen molar-refractivity contribution in [1.29, 1.82) is 5.41 Å². The second-order valence-electron chi connectivity index (χ2n) is 4.39. The molecule has 0 aliphatic rings. The van der Waals surface area contributed by atoms with E-state index in [0.29, 0.717) is 5.69 Å². The van der Waals surface area contributed by atoms with Crippen molar-refractivity contribution in [3.05, 3.63) is 28.5 Å². The molecule has 0 aliphatic carbocycles. The van der Waals surface area contributed by atoms with Crippen LogP contribution in [0.2, 0.25) is 0 Å². The minimum Gasteiger partial charge on any atom is -0.395 e. The number of aliphatic hydroxyl groups excluding tert-OH is 1. The van der Waals surface area contributed by atoms with Crippen LogP contribution in [-0.2, 0) is 0 Å². The predicted octanol–water partition coefficient (Wildman–Crippen LogP) is 0.446. The first-order valence-corrected chi connectivity index (χ1v) is 8.15. The van der Waals surface area contributed by atoms with Gasteiger partial charge in [0.15, 0.2) is 11.7 Å². The third-order valence-corrected chi connectivity index (χ3v) is 3.75.